The van der Waals surface area contributed by atoms with Gasteiger partial charge in [0.15, 0.2) is 0 Å². The maximum absolute atomic E-state index is 12.0. The van der Waals surface area contributed by atoms with E-state index in [1.807, 2.05) is 0 Å². The SMILES string of the molecule is NNc1ccnc(C(=O)N2CC(=O)NC(=O)C2)c1. The summed E-state index contributed by atoms with van der Waals surface area (Å²) in [7, 11) is 0. The van der Waals surface area contributed by atoms with Crippen LogP contribution in [0.4, 0.5) is 5.69 Å². The number of imide groups is 1. The lowest BCUT2D eigenvalue weighted by Crippen LogP contribution is -2.53. The number of hydrogen-bond acceptors (Lipinski definition) is 6. The molecule has 0 bridgehead atoms. The maximum Gasteiger partial charge on any atom is 0.273 e. The lowest BCUT2D eigenvalue weighted by Gasteiger charge is -2.25. The van der Waals surface area contributed by atoms with E-state index in [0.717, 1.165) is 4.90 Å². The molecule has 0 radical (unpaired) electrons. The number of hydrogen-bond donors (Lipinski definition) is 3. The number of amides is 3. The van der Waals surface area contributed by atoms with Gasteiger partial charge in [0.25, 0.3) is 5.91 Å². The van der Waals surface area contributed by atoms with Gasteiger partial charge in [0.1, 0.15) is 18.8 Å². The molecule has 0 spiro atoms. The minimum atomic E-state index is -0.507. The van der Waals surface area contributed by atoms with Gasteiger partial charge in [-0.15, -0.1) is 0 Å². The summed E-state index contributed by atoms with van der Waals surface area (Å²) < 4.78 is 0. The highest BCUT2D eigenvalue weighted by Gasteiger charge is 2.27. The van der Waals surface area contributed by atoms with Gasteiger partial charge in [0.2, 0.25) is 11.8 Å². The van der Waals surface area contributed by atoms with Gasteiger partial charge in [-0.1, -0.05) is 0 Å². The summed E-state index contributed by atoms with van der Waals surface area (Å²) in [4.78, 5) is 39.4. The van der Waals surface area contributed by atoms with Crippen molar-refractivity contribution in [2.24, 2.45) is 5.84 Å². The number of anilines is 1. The third-order valence-corrected chi connectivity index (χ3v) is 2.38. The number of nitrogen functional groups attached to an aromatic ring is 1. The van der Waals surface area contributed by atoms with Gasteiger partial charge >= 0.3 is 0 Å². The predicted octanol–water partition coefficient (Wildman–Crippen LogP) is -1.53. The van der Waals surface area contributed by atoms with Crippen LogP contribution >= 0.6 is 0 Å². The molecule has 0 aliphatic carbocycles. The standard InChI is InChI=1S/C10H11N5O3/c11-14-6-1-2-12-7(3-6)10(18)15-4-8(16)13-9(17)5-15/h1-3H,4-5,11H2,(H,12,14)(H,13,16,17). The first kappa shape index (κ1) is 12.0. The Balaban J connectivity index is 2.19. The first-order chi connectivity index (χ1) is 8.60. The Hall–Kier alpha value is -2.48. The number of carbonyl (C=O) groups excluding carboxylic acids is 3. The fraction of sp³-hybridized carbons (Fsp3) is 0.200. The van der Waals surface area contributed by atoms with Crippen LogP contribution in [0.15, 0.2) is 18.3 Å². The molecule has 0 unspecified atom stereocenters. The highest BCUT2D eigenvalue weighted by molar-refractivity contribution is 6.05. The number of aromatic nitrogens is 1. The second-order valence-electron chi connectivity index (χ2n) is 3.71. The van der Waals surface area contributed by atoms with Crippen molar-refractivity contribution in [3.05, 3.63) is 24.0 Å². The third-order valence-electron chi connectivity index (χ3n) is 2.38. The molecule has 1 aromatic rings. The lowest BCUT2D eigenvalue weighted by atomic mass is 10.2. The Morgan fingerprint density at radius 3 is 2.67 bits per heavy atom. The average molecular weight is 249 g/mol. The monoisotopic (exact) mass is 249 g/mol. The molecule has 1 aliphatic heterocycles. The van der Waals surface area contributed by atoms with E-state index in [1.54, 1.807) is 6.07 Å². The third kappa shape index (κ3) is 2.43. The number of carbonyl (C=O) groups is 3. The minimum absolute atomic E-state index is 0.118. The van der Waals surface area contributed by atoms with E-state index in [-0.39, 0.29) is 18.8 Å². The number of hydrazine groups is 1. The Kier molecular flexibility index (Phi) is 3.20. The van der Waals surface area contributed by atoms with Crippen LogP contribution in [0.3, 0.4) is 0 Å². The van der Waals surface area contributed by atoms with Crippen LogP contribution in [-0.2, 0) is 9.59 Å². The van der Waals surface area contributed by atoms with E-state index in [0.29, 0.717) is 5.69 Å². The molecule has 1 fully saturated rings. The van der Waals surface area contributed by atoms with Crippen LogP contribution < -0.4 is 16.6 Å². The average Bonchev–Trinajstić information content (AvgIpc) is 2.37. The molecule has 94 valence electrons. The van der Waals surface area contributed by atoms with Crippen molar-refractivity contribution in [1.82, 2.24) is 15.2 Å². The molecular weight excluding hydrogens is 238 g/mol. The number of piperazine rings is 1. The Morgan fingerprint density at radius 2 is 2.06 bits per heavy atom. The molecule has 0 saturated carbocycles. The van der Waals surface area contributed by atoms with Crippen molar-refractivity contribution < 1.29 is 14.4 Å². The first-order valence-electron chi connectivity index (χ1n) is 5.15. The zero-order valence-corrected chi connectivity index (χ0v) is 9.34. The van der Waals surface area contributed by atoms with Crippen LogP contribution in [0.5, 0.6) is 0 Å². The normalized spacial score (nSPS) is 15.3. The van der Waals surface area contributed by atoms with Crippen LogP contribution in [-0.4, -0.2) is 40.7 Å². The molecule has 4 N–H and O–H groups in total. The van der Waals surface area contributed by atoms with Crippen molar-refractivity contribution >= 4 is 23.4 Å². The van der Waals surface area contributed by atoms with E-state index in [1.165, 1.54) is 12.3 Å². The zero-order chi connectivity index (χ0) is 13.1. The Labute approximate surface area is 102 Å². The van der Waals surface area contributed by atoms with Gasteiger partial charge in [0.05, 0.1) is 5.69 Å². The highest BCUT2D eigenvalue weighted by Crippen LogP contribution is 2.09. The van der Waals surface area contributed by atoms with Crippen molar-refractivity contribution in [2.75, 3.05) is 18.5 Å². The molecule has 2 heterocycles. The maximum atomic E-state index is 12.0. The van der Waals surface area contributed by atoms with Gasteiger partial charge in [-0.25, -0.2) is 0 Å². The predicted molar refractivity (Wildman–Crippen MR) is 61.1 cm³/mol. The molecular formula is C10H11N5O3. The van der Waals surface area contributed by atoms with Gasteiger partial charge in [-0.3, -0.25) is 30.5 Å². The quantitative estimate of drug-likeness (QED) is 0.332. The molecule has 0 atom stereocenters. The summed E-state index contributed by atoms with van der Waals surface area (Å²) in [5.74, 6) is 3.72. The van der Waals surface area contributed by atoms with Crippen molar-refractivity contribution in [3.8, 4) is 0 Å². The molecule has 18 heavy (non-hydrogen) atoms. The van der Waals surface area contributed by atoms with E-state index < -0.39 is 17.7 Å². The van der Waals surface area contributed by atoms with E-state index >= 15 is 0 Å². The minimum Gasteiger partial charge on any atom is -0.324 e. The molecule has 1 aromatic heterocycles. The summed E-state index contributed by atoms with van der Waals surface area (Å²) in [6.07, 6.45) is 1.41. The molecule has 2 rings (SSSR count). The van der Waals surface area contributed by atoms with Crippen LogP contribution in [0.2, 0.25) is 0 Å². The second kappa shape index (κ2) is 4.80. The van der Waals surface area contributed by atoms with Gasteiger partial charge in [-0.2, -0.15) is 0 Å². The number of pyridine rings is 1. The second-order valence-corrected chi connectivity index (χ2v) is 3.71. The summed E-state index contributed by atoms with van der Waals surface area (Å²) in [6.45, 7) is -0.320. The molecule has 8 nitrogen and oxygen atoms in total. The Morgan fingerprint density at radius 1 is 1.39 bits per heavy atom. The van der Waals surface area contributed by atoms with Crippen molar-refractivity contribution in [2.45, 2.75) is 0 Å². The Bertz CT molecular complexity index is 500. The topological polar surface area (TPSA) is 117 Å². The molecule has 1 saturated heterocycles. The summed E-state index contributed by atoms with van der Waals surface area (Å²) in [5, 5.41) is 2.11. The first-order valence-corrected chi connectivity index (χ1v) is 5.15. The summed E-state index contributed by atoms with van der Waals surface area (Å²) in [5.41, 5.74) is 3.02. The van der Waals surface area contributed by atoms with Crippen LogP contribution in [0, 0.1) is 0 Å². The lowest BCUT2D eigenvalue weighted by molar-refractivity contribution is -0.135. The van der Waals surface area contributed by atoms with Crippen LogP contribution in [0.1, 0.15) is 10.5 Å². The van der Waals surface area contributed by atoms with Crippen molar-refractivity contribution in [1.29, 1.82) is 0 Å². The fourth-order valence-corrected chi connectivity index (χ4v) is 1.58. The van der Waals surface area contributed by atoms with E-state index in [4.69, 9.17) is 5.84 Å². The molecule has 3 amide bonds. The van der Waals surface area contributed by atoms with E-state index in [9.17, 15) is 14.4 Å². The highest BCUT2D eigenvalue weighted by atomic mass is 16.2. The number of nitrogens with two attached hydrogens (primary N) is 1. The zero-order valence-electron chi connectivity index (χ0n) is 9.34. The molecule has 0 aromatic carbocycles. The number of nitrogens with one attached hydrogen (secondary N) is 2. The van der Waals surface area contributed by atoms with Gasteiger partial charge in [-0.05, 0) is 12.1 Å². The van der Waals surface area contributed by atoms with E-state index in [2.05, 4.69) is 15.7 Å². The number of rotatable bonds is 2. The molecule has 1 aliphatic rings. The largest absolute Gasteiger partial charge is 0.324 e. The molecule has 8 heteroatoms. The van der Waals surface area contributed by atoms with Gasteiger partial charge in [0, 0.05) is 6.20 Å². The van der Waals surface area contributed by atoms with Gasteiger partial charge < -0.3 is 10.3 Å². The summed E-state index contributed by atoms with van der Waals surface area (Å²) >= 11 is 0. The van der Waals surface area contributed by atoms with Crippen LogP contribution in [0.25, 0.3) is 0 Å². The fourth-order valence-electron chi connectivity index (χ4n) is 1.58. The smallest absolute Gasteiger partial charge is 0.273 e. The van der Waals surface area contributed by atoms with Crippen molar-refractivity contribution in [3.63, 3.8) is 0 Å². The summed E-state index contributed by atoms with van der Waals surface area (Å²) in [6, 6.07) is 3.03. The number of nitrogens with zero attached hydrogens (tertiary/aromatic N) is 2.